The topological polar surface area (TPSA) is 104 Å². The van der Waals surface area contributed by atoms with Crippen LogP contribution in [-0.4, -0.2) is 54.6 Å². The van der Waals surface area contributed by atoms with Gasteiger partial charge in [-0.15, -0.1) is 0 Å². The molecule has 172 valence electrons. The molecule has 0 fully saturated rings. The SMILES string of the molecule is CO.COC(=O)Cc1c[nH]c2ccccc12.COC(=O)Cc1c[nH]c2ccccc12.CS. The van der Waals surface area contributed by atoms with Gasteiger partial charge in [-0.1, -0.05) is 36.4 Å². The number of hydrogen-bond donors (Lipinski definition) is 4. The number of rotatable bonds is 4. The Bertz CT molecular complexity index is 1020. The number of hydrogen-bond acceptors (Lipinski definition) is 6. The first-order valence-corrected chi connectivity index (χ1v) is 10.6. The van der Waals surface area contributed by atoms with Crippen LogP contribution in [0.5, 0.6) is 0 Å². The van der Waals surface area contributed by atoms with Gasteiger partial charge in [-0.25, -0.2) is 0 Å². The molecule has 0 saturated heterocycles. The molecule has 0 spiro atoms. The Morgan fingerprint density at radius 1 is 0.750 bits per heavy atom. The van der Waals surface area contributed by atoms with Crippen molar-refractivity contribution in [1.82, 2.24) is 9.97 Å². The number of thiol groups is 1. The molecule has 0 aliphatic heterocycles. The Balaban J connectivity index is 0.000000277. The molecular formula is C24H30N2O5S. The Hall–Kier alpha value is -3.23. The quantitative estimate of drug-likeness (QED) is 0.274. The van der Waals surface area contributed by atoms with Crippen molar-refractivity contribution >= 4 is 46.4 Å². The molecule has 4 aromatic rings. The van der Waals surface area contributed by atoms with Gasteiger partial charge in [0.05, 0.1) is 27.1 Å². The number of aliphatic hydroxyl groups is 1. The number of benzene rings is 2. The van der Waals surface area contributed by atoms with Gasteiger partial charge >= 0.3 is 11.9 Å². The Morgan fingerprint density at radius 3 is 1.44 bits per heavy atom. The van der Waals surface area contributed by atoms with Crippen molar-refractivity contribution in [3.63, 3.8) is 0 Å². The summed E-state index contributed by atoms with van der Waals surface area (Å²) in [6, 6.07) is 15.8. The predicted octanol–water partition coefficient (Wildman–Crippen LogP) is 3.92. The molecule has 0 unspecified atom stereocenters. The molecule has 0 radical (unpaired) electrons. The maximum atomic E-state index is 11.1. The van der Waals surface area contributed by atoms with Crippen molar-refractivity contribution in [2.45, 2.75) is 12.8 Å². The van der Waals surface area contributed by atoms with Crippen LogP contribution < -0.4 is 0 Å². The van der Waals surface area contributed by atoms with Crippen molar-refractivity contribution in [2.24, 2.45) is 0 Å². The molecule has 7 nitrogen and oxygen atoms in total. The molecule has 4 rings (SSSR count). The van der Waals surface area contributed by atoms with Crippen LogP contribution in [0, 0.1) is 0 Å². The number of aromatic nitrogens is 2. The number of aromatic amines is 2. The summed E-state index contributed by atoms with van der Waals surface area (Å²) in [5.74, 6) is -0.426. The lowest BCUT2D eigenvalue weighted by molar-refractivity contribution is -0.140. The summed E-state index contributed by atoms with van der Waals surface area (Å²) in [7, 11) is 3.80. The van der Waals surface area contributed by atoms with Crippen molar-refractivity contribution in [2.75, 3.05) is 27.6 Å². The van der Waals surface area contributed by atoms with E-state index >= 15 is 0 Å². The molecule has 0 amide bonds. The van der Waals surface area contributed by atoms with E-state index in [4.69, 9.17) is 5.11 Å². The zero-order valence-electron chi connectivity index (χ0n) is 18.7. The monoisotopic (exact) mass is 458 g/mol. The van der Waals surface area contributed by atoms with E-state index in [2.05, 4.69) is 32.1 Å². The molecule has 0 atom stereocenters. The second kappa shape index (κ2) is 14.7. The first-order valence-electron chi connectivity index (χ1n) is 9.75. The number of H-pyrrole nitrogens is 2. The van der Waals surface area contributed by atoms with Crippen LogP contribution in [0.3, 0.4) is 0 Å². The Morgan fingerprint density at radius 2 is 1.09 bits per heavy atom. The highest BCUT2D eigenvalue weighted by molar-refractivity contribution is 7.79. The van der Waals surface area contributed by atoms with Gasteiger partial charge < -0.3 is 24.5 Å². The van der Waals surface area contributed by atoms with Gasteiger partial charge in [0.25, 0.3) is 0 Å². The Labute approximate surface area is 193 Å². The maximum Gasteiger partial charge on any atom is 0.310 e. The number of carbonyl (C=O) groups is 2. The van der Waals surface area contributed by atoms with Crippen LogP contribution in [0.2, 0.25) is 0 Å². The second-order valence-corrected chi connectivity index (χ2v) is 6.22. The van der Waals surface area contributed by atoms with E-state index in [9.17, 15) is 9.59 Å². The van der Waals surface area contributed by atoms with Crippen LogP contribution in [-0.2, 0) is 31.9 Å². The summed E-state index contributed by atoms with van der Waals surface area (Å²) < 4.78 is 9.24. The molecule has 3 N–H and O–H groups in total. The van der Waals surface area contributed by atoms with Crippen LogP contribution in [0.4, 0.5) is 0 Å². The third-order valence-corrected chi connectivity index (χ3v) is 4.47. The third-order valence-electron chi connectivity index (χ3n) is 4.47. The molecule has 0 aliphatic rings. The van der Waals surface area contributed by atoms with E-state index in [1.165, 1.54) is 14.2 Å². The normalized spacial score (nSPS) is 9.44. The summed E-state index contributed by atoms with van der Waals surface area (Å²) >= 11 is 3.53. The van der Waals surface area contributed by atoms with E-state index in [0.717, 1.165) is 40.0 Å². The smallest absolute Gasteiger partial charge is 0.310 e. The predicted molar refractivity (Wildman–Crippen MR) is 131 cm³/mol. The summed E-state index contributed by atoms with van der Waals surface area (Å²) in [6.07, 6.45) is 6.03. The fourth-order valence-electron chi connectivity index (χ4n) is 3.01. The minimum absolute atomic E-state index is 0.213. The zero-order valence-corrected chi connectivity index (χ0v) is 19.6. The summed E-state index contributed by atoms with van der Waals surface area (Å²) in [5, 5.41) is 9.16. The lowest BCUT2D eigenvalue weighted by atomic mass is 10.1. The van der Waals surface area contributed by atoms with E-state index in [0.29, 0.717) is 12.8 Å². The molecule has 0 aliphatic carbocycles. The van der Waals surface area contributed by atoms with Gasteiger partial charge in [0, 0.05) is 41.3 Å². The van der Waals surface area contributed by atoms with Gasteiger partial charge in [0.15, 0.2) is 0 Å². The van der Waals surface area contributed by atoms with E-state index in [1.807, 2.05) is 60.9 Å². The molecule has 8 heteroatoms. The number of para-hydroxylation sites is 2. The first kappa shape index (κ1) is 26.8. The minimum Gasteiger partial charge on any atom is -0.469 e. The van der Waals surface area contributed by atoms with Crippen LogP contribution >= 0.6 is 12.6 Å². The number of methoxy groups -OCH3 is 2. The number of fused-ring (bicyclic) bond motifs is 2. The molecule has 2 heterocycles. The number of nitrogens with one attached hydrogen (secondary N) is 2. The van der Waals surface area contributed by atoms with Crippen LogP contribution in [0.1, 0.15) is 11.1 Å². The lowest BCUT2D eigenvalue weighted by Crippen LogP contribution is -2.03. The second-order valence-electron chi connectivity index (χ2n) is 6.22. The summed E-state index contributed by atoms with van der Waals surface area (Å²) in [6.45, 7) is 0. The van der Waals surface area contributed by atoms with Gasteiger partial charge in [-0.3, -0.25) is 9.59 Å². The summed E-state index contributed by atoms with van der Waals surface area (Å²) in [4.78, 5) is 28.4. The third kappa shape index (κ3) is 7.47. The molecule has 0 saturated carbocycles. The maximum absolute atomic E-state index is 11.1. The van der Waals surface area contributed by atoms with Gasteiger partial charge in [0.1, 0.15) is 0 Å². The fraction of sp³-hybridized carbons (Fsp3) is 0.250. The highest BCUT2D eigenvalue weighted by Gasteiger charge is 2.08. The first-order chi connectivity index (χ1) is 15.6. The highest BCUT2D eigenvalue weighted by Crippen LogP contribution is 2.19. The average Bonchev–Trinajstić information content (AvgIpc) is 3.46. The average molecular weight is 459 g/mol. The highest BCUT2D eigenvalue weighted by atomic mass is 32.1. The van der Waals surface area contributed by atoms with Crippen molar-refractivity contribution in [3.8, 4) is 0 Å². The molecule has 0 bridgehead atoms. The van der Waals surface area contributed by atoms with E-state index in [1.54, 1.807) is 6.26 Å². The minimum atomic E-state index is -0.213. The number of aliphatic hydroxyl groups excluding tert-OH is 1. The van der Waals surface area contributed by atoms with Crippen molar-refractivity contribution < 1.29 is 24.2 Å². The lowest BCUT2D eigenvalue weighted by Gasteiger charge is -1.97. The van der Waals surface area contributed by atoms with Crippen molar-refractivity contribution in [3.05, 3.63) is 72.1 Å². The standard InChI is InChI=1S/2C11H11NO2.CH4O.CH4S/c2*1-14-11(13)6-8-7-12-10-5-3-2-4-9(8)10;2*1-2/h2*2-5,7,12H,6H2,1H3;2*2H,1H3. The largest absolute Gasteiger partial charge is 0.469 e. The van der Waals surface area contributed by atoms with E-state index < -0.39 is 0 Å². The Kier molecular flexibility index (Phi) is 12.3. The van der Waals surface area contributed by atoms with E-state index in [-0.39, 0.29) is 11.9 Å². The van der Waals surface area contributed by atoms with Crippen molar-refractivity contribution in [1.29, 1.82) is 0 Å². The zero-order chi connectivity index (χ0) is 23.9. The molecule has 2 aromatic heterocycles. The number of ether oxygens (including phenoxy) is 2. The number of esters is 2. The number of carbonyl (C=O) groups excluding carboxylic acids is 2. The van der Waals surface area contributed by atoms with Crippen LogP contribution in [0.25, 0.3) is 21.8 Å². The fourth-order valence-corrected chi connectivity index (χ4v) is 3.01. The van der Waals surface area contributed by atoms with Gasteiger partial charge in [-0.2, -0.15) is 12.6 Å². The van der Waals surface area contributed by atoms with Crippen LogP contribution in [0.15, 0.2) is 60.9 Å². The summed E-state index contributed by atoms with van der Waals surface area (Å²) in [5.41, 5.74) is 4.05. The molecule has 32 heavy (non-hydrogen) atoms. The van der Waals surface area contributed by atoms with Gasteiger partial charge in [0.2, 0.25) is 0 Å². The molecular weight excluding hydrogens is 428 g/mol. The van der Waals surface area contributed by atoms with Gasteiger partial charge in [-0.05, 0) is 29.5 Å². The molecule has 2 aromatic carbocycles.